The highest BCUT2D eigenvalue weighted by Crippen LogP contribution is 2.26. The van der Waals surface area contributed by atoms with Crippen LogP contribution in [0.3, 0.4) is 0 Å². The largest absolute Gasteiger partial charge is 0.464 e. The lowest BCUT2D eigenvalue weighted by Crippen LogP contribution is -2.45. The summed E-state index contributed by atoms with van der Waals surface area (Å²) < 4.78 is 16.0. The summed E-state index contributed by atoms with van der Waals surface area (Å²) >= 11 is 0. The third-order valence-electron chi connectivity index (χ3n) is 2.60. The van der Waals surface area contributed by atoms with Crippen LogP contribution in [0.5, 0.6) is 0 Å². The van der Waals surface area contributed by atoms with Crippen LogP contribution >= 0.6 is 0 Å². The van der Waals surface area contributed by atoms with Crippen molar-refractivity contribution < 1.29 is 19.0 Å². The van der Waals surface area contributed by atoms with Crippen molar-refractivity contribution in [1.29, 1.82) is 0 Å². The molecule has 20 heavy (non-hydrogen) atoms. The average Bonchev–Trinajstić information content (AvgIpc) is 2.75. The van der Waals surface area contributed by atoms with Gasteiger partial charge in [0.25, 0.3) is 0 Å². The fourth-order valence-corrected chi connectivity index (χ4v) is 2.18. The van der Waals surface area contributed by atoms with Gasteiger partial charge < -0.3 is 14.2 Å². The Morgan fingerprint density at radius 2 is 2.05 bits per heavy atom. The third kappa shape index (κ3) is 5.08. The summed E-state index contributed by atoms with van der Waals surface area (Å²) in [6, 6.07) is -0.846. The molecular weight excluding hydrogens is 274 g/mol. The number of aliphatic imine (C=N–C) groups is 1. The van der Waals surface area contributed by atoms with E-state index < -0.39 is 25.9 Å². The molecule has 0 aromatic heterocycles. The molecular formula is C14H23NO4Si. The van der Waals surface area contributed by atoms with Gasteiger partial charge in [-0.05, 0) is 13.8 Å². The molecule has 1 atom stereocenters. The zero-order valence-corrected chi connectivity index (χ0v) is 13.9. The molecule has 0 amide bonds. The number of esters is 1. The molecule has 0 saturated carbocycles. The molecule has 1 aliphatic rings. The first-order chi connectivity index (χ1) is 9.28. The molecule has 0 bridgehead atoms. The molecule has 0 N–H and O–H groups in total. The second kappa shape index (κ2) is 7.02. The molecule has 6 heteroatoms. The van der Waals surface area contributed by atoms with Crippen molar-refractivity contribution in [3.05, 3.63) is 0 Å². The lowest BCUT2D eigenvalue weighted by molar-refractivity contribution is -0.181. The monoisotopic (exact) mass is 297 g/mol. The van der Waals surface area contributed by atoms with Crippen LogP contribution in [0.1, 0.15) is 13.8 Å². The average molecular weight is 297 g/mol. The summed E-state index contributed by atoms with van der Waals surface area (Å²) in [5, 5.41) is 0. The highest BCUT2D eigenvalue weighted by molar-refractivity contribution is 6.84. The second-order valence-electron chi connectivity index (χ2n) is 5.66. The lowest BCUT2D eigenvalue weighted by atomic mass is 10.1. The van der Waals surface area contributed by atoms with Gasteiger partial charge in [-0.1, -0.05) is 25.6 Å². The van der Waals surface area contributed by atoms with Gasteiger partial charge in [-0.25, -0.2) is 4.79 Å². The fraction of sp³-hybridized carbons (Fsp3) is 0.714. The number of carbonyl (C=O) groups is 1. The third-order valence-corrected chi connectivity index (χ3v) is 3.50. The summed E-state index contributed by atoms with van der Waals surface area (Å²) in [6.07, 6.45) is 1.45. The predicted octanol–water partition coefficient (Wildman–Crippen LogP) is 1.63. The zero-order valence-electron chi connectivity index (χ0n) is 12.9. The van der Waals surface area contributed by atoms with Gasteiger partial charge in [0.05, 0.1) is 26.0 Å². The normalized spacial score (nSPS) is 19.4. The minimum absolute atomic E-state index is 0.293. The van der Waals surface area contributed by atoms with Gasteiger partial charge in [0.15, 0.2) is 5.79 Å². The molecule has 112 valence electrons. The van der Waals surface area contributed by atoms with E-state index in [-0.39, 0.29) is 0 Å². The first-order valence-corrected chi connectivity index (χ1v) is 10.3. The Bertz CT molecular complexity index is 425. The Morgan fingerprint density at radius 3 is 2.55 bits per heavy atom. The van der Waals surface area contributed by atoms with Gasteiger partial charge >= 0.3 is 5.97 Å². The Kier molecular flexibility index (Phi) is 5.93. The first kappa shape index (κ1) is 16.9. The maximum atomic E-state index is 12.0. The molecule has 1 heterocycles. The minimum atomic E-state index is -1.45. The van der Waals surface area contributed by atoms with Gasteiger partial charge in [-0.15, -0.1) is 5.54 Å². The van der Waals surface area contributed by atoms with Crippen LogP contribution in [0.25, 0.3) is 0 Å². The quantitative estimate of drug-likeness (QED) is 0.342. The maximum absolute atomic E-state index is 12.0. The highest BCUT2D eigenvalue weighted by atomic mass is 28.3. The Labute approximate surface area is 121 Å². The topological polar surface area (TPSA) is 57.1 Å². The molecule has 0 spiro atoms. The molecule has 0 aromatic rings. The standard InChI is InChI=1S/C14H23NO4Si/c1-6-17-13(16)12(14(2)18-9-10-19-14)15-8-7-11-20(3,4)5/h8,12H,6,9-10H2,1-5H3. The number of carbonyl (C=O) groups excluding carboxylic acids is 1. The molecule has 0 radical (unpaired) electrons. The van der Waals surface area contributed by atoms with Crippen LogP contribution < -0.4 is 0 Å². The molecule has 0 aromatic carbocycles. The Morgan fingerprint density at radius 1 is 1.45 bits per heavy atom. The summed E-state index contributed by atoms with van der Waals surface area (Å²) in [7, 11) is -1.45. The lowest BCUT2D eigenvalue weighted by Gasteiger charge is -2.27. The van der Waals surface area contributed by atoms with Crippen molar-refractivity contribution >= 4 is 20.3 Å². The van der Waals surface area contributed by atoms with E-state index in [9.17, 15) is 4.79 Å². The number of nitrogens with zero attached hydrogens (tertiary/aromatic N) is 1. The molecule has 0 aliphatic carbocycles. The van der Waals surface area contributed by atoms with E-state index in [1.807, 2.05) is 0 Å². The Hall–Kier alpha value is -1.16. The van der Waals surface area contributed by atoms with Crippen LogP contribution in [0.2, 0.25) is 19.6 Å². The predicted molar refractivity (Wildman–Crippen MR) is 80.3 cm³/mol. The van der Waals surface area contributed by atoms with Crippen molar-refractivity contribution in [1.82, 2.24) is 0 Å². The zero-order chi connectivity index (χ0) is 15.2. The number of hydrogen-bond acceptors (Lipinski definition) is 5. The summed E-state index contributed by atoms with van der Waals surface area (Å²) in [5.41, 5.74) is 3.16. The number of hydrogen-bond donors (Lipinski definition) is 0. The van der Waals surface area contributed by atoms with E-state index in [0.717, 1.165) is 0 Å². The SMILES string of the molecule is CCOC(=O)C(N=CC#C[Si](C)(C)C)C1(C)OCCO1. The van der Waals surface area contributed by atoms with Crippen LogP contribution in [-0.4, -0.2) is 51.9 Å². The van der Waals surface area contributed by atoms with Crippen molar-refractivity contribution in [2.45, 2.75) is 45.3 Å². The smallest absolute Gasteiger partial charge is 0.336 e. The van der Waals surface area contributed by atoms with Crippen molar-refractivity contribution in [3.63, 3.8) is 0 Å². The van der Waals surface area contributed by atoms with E-state index >= 15 is 0 Å². The number of ether oxygens (including phenoxy) is 3. The highest BCUT2D eigenvalue weighted by Gasteiger charge is 2.45. The van der Waals surface area contributed by atoms with E-state index in [4.69, 9.17) is 14.2 Å². The van der Waals surface area contributed by atoms with Crippen LogP contribution in [0.4, 0.5) is 0 Å². The maximum Gasteiger partial charge on any atom is 0.336 e. The molecule has 1 fully saturated rings. The van der Waals surface area contributed by atoms with Crippen LogP contribution in [-0.2, 0) is 19.0 Å². The fourth-order valence-electron chi connectivity index (χ4n) is 1.68. The van der Waals surface area contributed by atoms with Crippen molar-refractivity contribution in [2.75, 3.05) is 19.8 Å². The van der Waals surface area contributed by atoms with Gasteiger partial charge in [-0.3, -0.25) is 4.99 Å². The van der Waals surface area contributed by atoms with Gasteiger partial charge in [0.2, 0.25) is 6.04 Å². The summed E-state index contributed by atoms with van der Waals surface area (Å²) in [4.78, 5) is 16.2. The van der Waals surface area contributed by atoms with E-state index in [2.05, 4.69) is 36.1 Å². The summed E-state index contributed by atoms with van der Waals surface area (Å²) in [6.45, 7) is 11.1. The molecule has 1 unspecified atom stereocenters. The van der Waals surface area contributed by atoms with Crippen LogP contribution in [0.15, 0.2) is 4.99 Å². The van der Waals surface area contributed by atoms with Gasteiger partial charge in [0, 0.05) is 0 Å². The van der Waals surface area contributed by atoms with Crippen LogP contribution in [0, 0.1) is 11.5 Å². The molecule has 1 rings (SSSR count). The van der Waals surface area contributed by atoms with E-state index in [0.29, 0.717) is 19.8 Å². The number of rotatable bonds is 4. The molecule has 1 aliphatic heterocycles. The second-order valence-corrected chi connectivity index (χ2v) is 10.4. The molecule has 1 saturated heterocycles. The van der Waals surface area contributed by atoms with E-state index in [1.54, 1.807) is 13.8 Å². The Balaban J connectivity index is 2.85. The van der Waals surface area contributed by atoms with E-state index in [1.165, 1.54) is 6.21 Å². The molecule has 5 nitrogen and oxygen atoms in total. The van der Waals surface area contributed by atoms with Crippen molar-refractivity contribution in [3.8, 4) is 11.5 Å². The van der Waals surface area contributed by atoms with Gasteiger partial charge in [-0.2, -0.15) is 0 Å². The van der Waals surface area contributed by atoms with Gasteiger partial charge in [0.1, 0.15) is 8.07 Å². The summed E-state index contributed by atoms with van der Waals surface area (Å²) in [5.74, 6) is 1.37. The minimum Gasteiger partial charge on any atom is -0.464 e. The first-order valence-electron chi connectivity index (χ1n) is 6.77. The van der Waals surface area contributed by atoms with Crippen molar-refractivity contribution in [2.24, 2.45) is 4.99 Å².